The Kier molecular flexibility index (Phi) is 4.81. The number of nitrogens with one attached hydrogen (secondary N) is 1. The number of hydrogen-bond donors (Lipinski definition) is 1. The molecule has 1 aromatic heterocycles. The molecule has 0 amide bonds. The topological polar surface area (TPSA) is 33.1 Å². The summed E-state index contributed by atoms with van der Waals surface area (Å²) in [5.74, 6) is 1.14. The molecule has 1 aromatic carbocycles. The number of piperidine rings is 1. The van der Waals surface area contributed by atoms with Crippen LogP contribution < -0.4 is 5.32 Å². The van der Waals surface area contributed by atoms with Crippen molar-refractivity contribution in [3.05, 3.63) is 48.5 Å². The maximum Gasteiger partial charge on any atom is 0.127 e. The molecule has 0 radical (unpaired) electrons. The standard InChI is InChI=1S/C17H22N4.ClH/c1-2-7-16(8-3-1)21-10-9-18-17(21)13-20-11-14-5-4-6-15(12-20)19-14;/h1-3,7-10,14-15,19H,4-6,11-13H2;1H. The van der Waals surface area contributed by atoms with Gasteiger partial charge < -0.3 is 9.88 Å². The van der Waals surface area contributed by atoms with Gasteiger partial charge in [0.2, 0.25) is 0 Å². The lowest BCUT2D eigenvalue weighted by atomic mass is 9.94. The third kappa shape index (κ3) is 3.19. The molecule has 2 aliphatic rings. The van der Waals surface area contributed by atoms with Crippen molar-refractivity contribution >= 4 is 12.4 Å². The zero-order valence-corrected chi connectivity index (χ0v) is 13.5. The van der Waals surface area contributed by atoms with Crippen molar-refractivity contribution in [2.75, 3.05) is 13.1 Å². The van der Waals surface area contributed by atoms with E-state index >= 15 is 0 Å². The molecule has 0 aliphatic carbocycles. The third-order valence-corrected chi connectivity index (χ3v) is 4.65. The fraction of sp³-hybridized carbons (Fsp3) is 0.471. The lowest BCUT2D eigenvalue weighted by Gasteiger charge is -2.42. The van der Waals surface area contributed by atoms with Gasteiger partial charge in [0.25, 0.3) is 0 Å². The van der Waals surface area contributed by atoms with E-state index in [4.69, 9.17) is 0 Å². The number of fused-ring (bicyclic) bond motifs is 2. The smallest absolute Gasteiger partial charge is 0.127 e. The van der Waals surface area contributed by atoms with Gasteiger partial charge in [0.15, 0.2) is 0 Å². The quantitative estimate of drug-likeness (QED) is 0.944. The number of halogens is 1. The lowest BCUT2D eigenvalue weighted by molar-refractivity contribution is 0.117. The molecule has 2 fully saturated rings. The van der Waals surface area contributed by atoms with Crippen molar-refractivity contribution in [2.45, 2.75) is 37.9 Å². The first-order valence-electron chi connectivity index (χ1n) is 7.94. The van der Waals surface area contributed by atoms with Crippen LogP contribution in [0.25, 0.3) is 5.69 Å². The number of nitrogens with zero attached hydrogens (tertiary/aromatic N) is 3. The summed E-state index contributed by atoms with van der Waals surface area (Å²) >= 11 is 0. The number of para-hydroxylation sites is 1. The Morgan fingerprint density at radius 2 is 1.82 bits per heavy atom. The number of hydrogen-bond acceptors (Lipinski definition) is 3. The molecule has 2 unspecified atom stereocenters. The van der Waals surface area contributed by atoms with Crippen LogP contribution in [0.5, 0.6) is 0 Å². The van der Waals surface area contributed by atoms with E-state index < -0.39 is 0 Å². The summed E-state index contributed by atoms with van der Waals surface area (Å²) in [5, 5.41) is 3.74. The zero-order chi connectivity index (χ0) is 14.1. The van der Waals surface area contributed by atoms with Crippen molar-refractivity contribution in [2.24, 2.45) is 0 Å². The van der Waals surface area contributed by atoms with Gasteiger partial charge in [-0.1, -0.05) is 24.6 Å². The van der Waals surface area contributed by atoms with Crippen molar-refractivity contribution in [3.8, 4) is 5.69 Å². The summed E-state index contributed by atoms with van der Waals surface area (Å²) in [6, 6.07) is 11.8. The molecule has 4 rings (SSSR count). The van der Waals surface area contributed by atoms with Crippen LogP contribution in [-0.2, 0) is 6.54 Å². The van der Waals surface area contributed by atoms with Gasteiger partial charge in [0, 0.05) is 43.3 Å². The minimum absolute atomic E-state index is 0. The molecule has 1 N–H and O–H groups in total. The van der Waals surface area contributed by atoms with Crippen molar-refractivity contribution in [1.29, 1.82) is 0 Å². The normalized spacial score (nSPS) is 24.7. The first-order valence-corrected chi connectivity index (χ1v) is 7.94. The van der Waals surface area contributed by atoms with E-state index in [-0.39, 0.29) is 12.4 Å². The summed E-state index contributed by atoms with van der Waals surface area (Å²) < 4.78 is 2.21. The molecule has 2 atom stereocenters. The van der Waals surface area contributed by atoms with E-state index in [1.54, 1.807) is 0 Å². The number of likely N-dealkylation sites (tertiary alicyclic amines) is 1. The second-order valence-corrected chi connectivity index (χ2v) is 6.23. The summed E-state index contributed by atoms with van der Waals surface area (Å²) in [6.07, 6.45) is 7.99. The monoisotopic (exact) mass is 318 g/mol. The summed E-state index contributed by atoms with van der Waals surface area (Å²) in [4.78, 5) is 7.14. The van der Waals surface area contributed by atoms with Gasteiger partial charge in [-0.2, -0.15) is 0 Å². The highest BCUT2D eigenvalue weighted by molar-refractivity contribution is 5.85. The summed E-state index contributed by atoms with van der Waals surface area (Å²) in [6.45, 7) is 3.24. The molecular formula is C17H23ClN4. The van der Waals surface area contributed by atoms with Crippen LogP contribution in [-0.4, -0.2) is 39.6 Å². The average Bonchev–Trinajstić information content (AvgIpc) is 2.96. The van der Waals surface area contributed by atoms with Gasteiger partial charge in [-0.3, -0.25) is 4.90 Å². The third-order valence-electron chi connectivity index (χ3n) is 4.65. The predicted molar refractivity (Wildman–Crippen MR) is 90.7 cm³/mol. The molecule has 2 saturated heterocycles. The number of benzene rings is 1. The molecule has 3 heterocycles. The Morgan fingerprint density at radius 1 is 1.09 bits per heavy atom. The molecule has 4 nitrogen and oxygen atoms in total. The first-order chi connectivity index (χ1) is 10.4. The van der Waals surface area contributed by atoms with Crippen molar-refractivity contribution in [3.63, 3.8) is 0 Å². The van der Waals surface area contributed by atoms with Crippen molar-refractivity contribution in [1.82, 2.24) is 19.8 Å². The molecule has 0 spiro atoms. The van der Waals surface area contributed by atoms with Crippen LogP contribution in [0.2, 0.25) is 0 Å². The molecule has 118 valence electrons. The maximum absolute atomic E-state index is 4.58. The highest BCUT2D eigenvalue weighted by Gasteiger charge is 2.30. The van der Waals surface area contributed by atoms with Gasteiger partial charge in [0.05, 0.1) is 6.54 Å². The van der Waals surface area contributed by atoms with Gasteiger partial charge in [0.1, 0.15) is 5.82 Å². The molecular weight excluding hydrogens is 296 g/mol. The minimum atomic E-state index is 0. The van der Waals surface area contributed by atoms with E-state index in [0.29, 0.717) is 12.1 Å². The van der Waals surface area contributed by atoms with Gasteiger partial charge in [-0.15, -0.1) is 12.4 Å². The van der Waals surface area contributed by atoms with E-state index in [2.05, 4.69) is 56.3 Å². The van der Waals surface area contributed by atoms with Crippen LogP contribution in [0.15, 0.2) is 42.7 Å². The van der Waals surface area contributed by atoms with E-state index in [0.717, 1.165) is 25.5 Å². The molecule has 22 heavy (non-hydrogen) atoms. The van der Waals surface area contributed by atoms with Crippen LogP contribution >= 0.6 is 12.4 Å². The van der Waals surface area contributed by atoms with Gasteiger partial charge in [-0.25, -0.2) is 4.98 Å². The van der Waals surface area contributed by atoms with Gasteiger partial charge >= 0.3 is 0 Å². The SMILES string of the molecule is Cl.c1ccc(-n2ccnc2CN2CC3CCCC(C2)N3)cc1. The Labute approximate surface area is 137 Å². The maximum atomic E-state index is 4.58. The van der Waals surface area contributed by atoms with E-state index in [1.807, 2.05) is 6.20 Å². The Morgan fingerprint density at radius 3 is 2.55 bits per heavy atom. The fourth-order valence-corrected chi connectivity index (χ4v) is 3.70. The fourth-order valence-electron chi connectivity index (χ4n) is 3.70. The lowest BCUT2D eigenvalue weighted by Crippen LogP contribution is -2.58. The second kappa shape index (κ2) is 6.82. The van der Waals surface area contributed by atoms with Crippen molar-refractivity contribution < 1.29 is 0 Å². The number of piperazine rings is 1. The number of aromatic nitrogens is 2. The Hall–Kier alpha value is -1.36. The molecule has 2 bridgehead atoms. The highest BCUT2D eigenvalue weighted by atomic mass is 35.5. The summed E-state index contributed by atoms with van der Waals surface area (Å²) in [5.41, 5.74) is 1.19. The van der Waals surface area contributed by atoms with Crippen LogP contribution in [0, 0.1) is 0 Å². The predicted octanol–water partition coefficient (Wildman–Crippen LogP) is 2.62. The molecule has 5 heteroatoms. The van der Waals surface area contributed by atoms with Gasteiger partial charge in [-0.05, 0) is 25.0 Å². The summed E-state index contributed by atoms with van der Waals surface area (Å²) in [7, 11) is 0. The zero-order valence-electron chi connectivity index (χ0n) is 12.7. The average molecular weight is 319 g/mol. The number of imidazole rings is 1. The van der Waals surface area contributed by atoms with E-state index in [9.17, 15) is 0 Å². The Balaban J connectivity index is 0.00000144. The molecule has 2 aromatic rings. The molecule has 0 saturated carbocycles. The van der Waals surface area contributed by atoms with Crippen LogP contribution in [0.4, 0.5) is 0 Å². The molecule has 2 aliphatic heterocycles. The first kappa shape index (κ1) is 15.5. The minimum Gasteiger partial charge on any atom is -0.309 e. The van der Waals surface area contributed by atoms with Crippen LogP contribution in [0.1, 0.15) is 25.1 Å². The Bertz CT molecular complexity index is 586. The van der Waals surface area contributed by atoms with Crippen LogP contribution in [0.3, 0.4) is 0 Å². The number of rotatable bonds is 3. The second-order valence-electron chi connectivity index (χ2n) is 6.23. The largest absolute Gasteiger partial charge is 0.309 e. The van der Waals surface area contributed by atoms with E-state index in [1.165, 1.54) is 24.9 Å². The highest BCUT2D eigenvalue weighted by Crippen LogP contribution is 2.21.